The van der Waals surface area contributed by atoms with Crippen LogP contribution in [-0.2, 0) is 9.53 Å². The van der Waals surface area contributed by atoms with Crippen molar-refractivity contribution in [2.45, 2.75) is 58.5 Å². The minimum Gasteiger partial charge on any atom is -0.444 e. The van der Waals surface area contributed by atoms with Crippen LogP contribution in [0.3, 0.4) is 0 Å². The number of nitrogens with one attached hydrogen (secondary N) is 1. The smallest absolute Gasteiger partial charge is 0.407 e. The number of amides is 1. The minimum absolute atomic E-state index is 0.0231. The van der Waals surface area contributed by atoms with Gasteiger partial charge >= 0.3 is 6.09 Å². The van der Waals surface area contributed by atoms with Gasteiger partial charge in [0.2, 0.25) is 0 Å². The van der Waals surface area contributed by atoms with Crippen LogP contribution in [0.2, 0.25) is 0 Å². The summed E-state index contributed by atoms with van der Waals surface area (Å²) in [6, 6.07) is 0. The van der Waals surface area contributed by atoms with Crippen molar-refractivity contribution in [2.24, 2.45) is 5.92 Å². The molecule has 0 aromatic rings. The van der Waals surface area contributed by atoms with Crippen LogP contribution in [0.5, 0.6) is 0 Å². The van der Waals surface area contributed by atoms with Crippen molar-refractivity contribution in [3.63, 3.8) is 0 Å². The second-order valence-electron chi connectivity index (χ2n) is 5.65. The first kappa shape index (κ1) is 14.0. The molecule has 1 fully saturated rings. The van der Waals surface area contributed by atoms with Gasteiger partial charge in [-0.05, 0) is 33.6 Å². The van der Waals surface area contributed by atoms with Gasteiger partial charge in [-0.3, -0.25) is 4.79 Å². The topological polar surface area (TPSA) is 55.4 Å². The van der Waals surface area contributed by atoms with E-state index < -0.39 is 11.7 Å². The number of Topliss-reactive ketones (excluding diaryl/α,β-unsaturated/α-hetero) is 1. The Morgan fingerprint density at radius 3 is 2.71 bits per heavy atom. The van der Waals surface area contributed by atoms with E-state index in [1.807, 2.05) is 20.8 Å². The SMILES string of the molecule is CC(C)(C)OC(=O)NC[C@@H]1CCCCCC1=O. The van der Waals surface area contributed by atoms with Gasteiger partial charge in [-0.25, -0.2) is 4.79 Å². The van der Waals surface area contributed by atoms with Gasteiger partial charge in [-0.15, -0.1) is 0 Å². The molecule has 0 aromatic carbocycles. The molecule has 0 radical (unpaired) electrons. The summed E-state index contributed by atoms with van der Waals surface area (Å²) in [5, 5.41) is 2.69. The van der Waals surface area contributed by atoms with Crippen LogP contribution in [0.15, 0.2) is 0 Å². The largest absolute Gasteiger partial charge is 0.444 e. The molecule has 17 heavy (non-hydrogen) atoms. The molecule has 1 N–H and O–H groups in total. The first-order chi connectivity index (χ1) is 7.88. The molecule has 0 saturated heterocycles. The number of hydrogen-bond acceptors (Lipinski definition) is 3. The molecule has 0 aromatic heterocycles. The number of ether oxygens (including phenoxy) is 1. The van der Waals surface area contributed by atoms with Crippen LogP contribution in [0.4, 0.5) is 4.79 Å². The minimum atomic E-state index is -0.489. The normalized spacial score (nSPS) is 21.8. The number of ketones is 1. The summed E-state index contributed by atoms with van der Waals surface area (Å²) < 4.78 is 5.13. The molecule has 4 heteroatoms. The molecule has 1 aliphatic carbocycles. The van der Waals surface area contributed by atoms with Gasteiger partial charge in [0, 0.05) is 18.9 Å². The Labute approximate surface area is 103 Å². The van der Waals surface area contributed by atoms with E-state index in [0.29, 0.717) is 13.0 Å². The summed E-state index contributed by atoms with van der Waals surface area (Å²) in [6.07, 6.45) is 4.28. The van der Waals surface area contributed by atoms with Crippen LogP contribution in [-0.4, -0.2) is 24.0 Å². The van der Waals surface area contributed by atoms with E-state index in [-0.39, 0.29) is 11.7 Å². The Morgan fingerprint density at radius 1 is 1.35 bits per heavy atom. The van der Waals surface area contributed by atoms with Crippen LogP contribution in [0.1, 0.15) is 52.9 Å². The first-order valence-corrected chi connectivity index (χ1v) is 6.38. The summed E-state index contributed by atoms with van der Waals surface area (Å²) in [7, 11) is 0. The highest BCUT2D eigenvalue weighted by atomic mass is 16.6. The van der Waals surface area contributed by atoms with Crippen LogP contribution >= 0.6 is 0 Å². The van der Waals surface area contributed by atoms with Crippen molar-refractivity contribution in [3.8, 4) is 0 Å². The standard InChI is InChI=1S/C13H23NO3/c1-13(2,3)17-12(16)14-9-10-7-5-4-6-8-11(10)15/h10H,4-9H2,1-3H3,(H,14,16)/t10-/m0/s1. The summed E-state index contributed by atoms with van der Waals surface area (Å²) in [5.41, 5.74) is -0.489. The van der Waals surface area contributed by atoms with Crippen molar-refractivity contribution >= 4 is 11.9 Å². The number of carbonyl (C=O) groups is 2. The Bertz CT molecular complexity index is 281. The maximum Gasteiger partial charge on any atom is 0.407 e. The number of hydrogen-bond donors (Lipinski definition) is 1. The van der Waals surface area contributed by atoms with Crippen LogP contribution in [0, 0.1) is 5.92 Å². The molecule has 0 heterocycles. The lowest BCUT2D eigenvalue weighted by Gasteiger charge is -2.21. The van der Waals surface area contributed by atoms with Gasteiger partial charge in [0.25, 0.3) is 0 Å². The summed E-state index contributed by atoms with van der Waals surface area (Å²) >= 11 is 0. The summed E-state index contributed by atoms with van der Waals surface area (Å²) in [4.78, 5) is 23.2. The number of rotatable bonds is 2. The second-order valence-corrected chi connectivity index (χ2v) is 5.65. The van der Waals surface area contributed by atoms with Crippen LogP contribution < -0.4 is 5.32 Å². The van der Waals surface area contributed by atoms with E-state index in [2.05, 4.69) is 5.32 Å². The van der Waals surface area contributed by atoms with E-state index in [4.69, 9.17) is 4.74 Å². The fourth-order valence-corrected chi connectivity index (χ4v) is 1.97. The molecule has 0 aliphatic heterocycles. The molecule has 0 unspecified atom stereocenters. The van der Waals surface area contributed by atoms with E-state index in [9.17, 15) is 9.59 Å². The monoisotopic (exact) mass is 241 g/mol. The van der Waals surface area contributed by atoms with Gasteiger partial charge in [-0.1, -0.05) is 12.8 Å². The molecule has 1 amide bonds. The fourth-order valence-electron chi connectivity index (χ4n) is 1.97. The third kappa shape index (κ3) is 5.71. The van der Waals surface area contributed by atoms with Crippen molar-refractivity contribution < 1.29 is 14.3 Å². The predicted molar refractivity (Wildman–Crippen MR) is 65.8 cm³/mol. The molecule has 1 rings (SSSR count). The molecule has 1 atom stereocenters. The Morgan fingerprint density at radius 2 is 2.06 bits per heavy atom. The number of carbonyl (C=O) groups excluding carboxylic acids is 2. The zero-order valence-electron chi connectivity index (χ0n) is 11.0. The maximum absolute atomic E-state index is 11.7. The summed E-state index contributed by atoms with van der Waals surface area (Å²) in [6.45, 7) is 5.88. The highest BCUT2D eigenvalue weighted by molar-refractivity contribution is 5.82. The van der Waals surface area contributed by atoms with E-state index in [0.717, 1.165) is 25.7 Å². The molecule has 1 saturated carbocycles. The van der Waals surface area contributed by atoms with Crippen molar-refractivity contribution in [1.82, 2.24) is 5.32 Å². The highest BCUT2D eigenvalue weighted by Gasteiger charge is 2.22. The van der Waals surface area contributed by atoms with Gasteiger partial charge < -0.3 is 10.1 Å². The maximum atomic E-state index is 11.7. The van der Waals surface area contributed by atoms with E-state index >= 15 is 0 Å². The van der Waals surface area contributed by atoms with E-state index in [1.165, 1.54) is 0 Å². The quantitative estimate of drug-likeness (QED) is 0.756. The lowest BCUT2D eigenvalue weighted by atomic mass is 9.99. The average molecular weight is 241 g/mol. The third-order valence-corrected chi connectivity index (χ3v) is 2.82. The fraction of sp³-hybridized carbons (Fsp3) is 0.846. The van der Waals surface area contributed by atoms with Crippen molar-refractivity contribution in [3.05, 3.63) is 0 Å². The van der Waals surface area contributed by atoms with Gasteiger partial charge in [-0.2, -0.15) is 0 Å². The van der Waals surface area contributed by atoms with E-state index in [1.54, 1.807) is 0 Å². The lowest BCUT2D eigenvalue weighted by molar-refractivity contribution is -0.122. The van der Waals surface area contributed by atoms with Gasteiger partial charge in [0.1, 0.15) is 11.4 Å². The van der Waals surface area contributed by atoms with Gasteiger partial charge in [0.15, 0.2) is 0 Å². The number of alkyl carbamates (subject to hydrolysis) is 1. The first-order valence-electron chi connectivity index (χ1n) is 6.38. The Kier molecular flexibility index (Phi) is 4.97. The average Bonchev–Trinajstić information content (AvgIpc) is 2.37. The molecule has 0 bridgehead atoms. The van der Waals surface area contributed by atoms with Crippen molar-refractivity contribution in [2.75, 3.05) is 6.54 Å². The second kappa shape index (κ2) is 6.03. The molecule has 4 nitrogen and oxygen atoms in total. The molecule has 0 spiro atoms. The lowest BCUT2D eigenvalue weighted by Crippen LogP contribution is -2.36. The zero-order chi connectivity index (χ0) is 12.9. The summed E-state index contributed by atoms with van der Waals surface area (Å²) in [5.74, 6) is 0.253. The van der Waals surface area contributed by atoms with Crippen molar-refractivity contribution in [1.29, 1.82) is 0 Å². The highest BCUT2D eigenvalue weighted by Crippen LogP contribution is 2.19. The predicted octanol–water partition coefficient (Wildman–Crippen LogP) is 2.66. The molecule has 98 valence electrons. The Balaban J connectivity index is 2.33. The molecular weight excluding hydrogens is 218 g/mol. The molecule has 1 aliphatic rings. The molecular formula is C13H23NO3. The third-order valence-electron chi connectivity index (χ3n) is 2.82. The van der Waals surface area contributed by atoms with Gasteiger partial charge in [0.05, 0.1) is 0 Å². The van der Waals surface area contributed by atoms with Crippen LogP contribution in [0.25, 0.3) is 0 Å². The Hall–Kier alpha value is -1.06. The zero-order valence-corrected chi connectivity index (χ0v) is 11.0.